The number of amides is 2. The molecular formula is C25H27N3O3. The van der Waals surface area contributed by atoms with E-state index in [1.165, 1.54) is 15.5 Å². The minimum Gasteiger partial charge on any atom is -0.327 e. The van der Waals surface area contributed by atoms with Crippen LogP contribution in [0.5, 0.6) is 0 Å². The third-order valence-corrected chi connectivity index (χ3v) is 5.06. The van der Waals surface area contributed by atoms with E-state index in [-0.39, 0.29) is 17.0 Å². The highest BCUT2D eigenvalue weighted by Gasteiger charge is 2.28. The van der Waals surface area contributed by atoms with Crippen LogP contribution in [-0.4, -0.2) is 33.9 Å². The summed E-state index contributed by atoms with van der Waals surface area (Å²) in [6, 6.07) is 21.2. The Balaban J connectivity index is 1.83. The molecule has 1 N–H and O–H groups in total. The van der Waals surface area contributed by atoms with E-state index in [1.54, 1.807) is 31.3 Å². The second-order valence-corrected chi connectivity index (χ2v) is 7.37. The van der Waals surface area contributed by atoms with E-state index >= 15 is 0 Å². The standard InChI is InChI=1S/C25H27N3O3/c1-3-16-28(19(2)23(29)26-21-13-8-5-9-14-21)25(31)22-15-10-17-27(24(22)30)18-20-11-6-4-7-12-20/h4-15,17,19H,3,16,18H2,1-2H3,(H,26,29). The lowest BCUT2D eigenvalue weighted by Gasteiger charge is -2.28. The Labute approximate surface area is 182 Å². The van der Waals surface area contributed by atoms with Crippen LogP contribution in [0.1, 0.15) is 36.2 Å². The highest BCUT2D eigenvalue weighted by molar-refractivity contribution is 6.00. The number of hydrogen-bond acceptors (Lipinski definition) is 3. The first kappa shape index (κ1) is 22.0. The molecule has 0 radical (unpaired) electrons. The van der Waals surface area contributed by atoms with Crippen LogP contribution in [0.3, 0.4) is 0 Å². The predicted octanol–water partition coefficient (Wildman–Crippen LogP) is 3.78. The van der Waals surface area contributed by atoms with E-state index in [1.807, 2.05) is 55.5 Å². The van der Waals surface area contributed by atoms with Crippen molar-refractivity contribution in [3.63, 3.8) is 0 Å². The van der Waals surface area contributed by atoms with Crippen LogP contribution in [0.15, 0.2) is 83.8 Å². The Morgan fingerprint density at radius 1 is 0.968 bits per heavy atom. The maximum absolute atomic E-state index is 13.3. The van der Waals surface area contributed by atoms with Crippen molar-refractivity contribution in [2.24, 2.45) is 0 Å². The number of hydrogen-bond donors (Lipinski definition) is 1. The maximum atomic E-state index is 13.3. The third kappa shape index (κ3) is 5.48. The lowest BCUT2D eigenvalue weighted by Crippen LogP contribution is -2.47. The largest absolute Gasteiger partial charge is 0.327 e. The maximum Gasteiger partial charge on any atom is 0.263 e. The summed E-state index contributed by atoms with van der Waals surface area (Å²) >= 11 is 0. The molecular weight excluding hydrogens is 390 g/mol. The van der Waals surface area contributed by atoms with Crippen LogP contribution >= 0.6 is 0 Å². The van der Waals surface area contributed by atoms with Crippen molar-refractivity contribution in [1.82, 2.24) is 9.47 Å². The van der Waals surface area contributed by atoms with Gasteiger partial charge in [-0.2, -0.15) is 0 Å². The van der Waals surface area contributed by atoms with E-state index in [0.717, 1.165) is 5.56 Å². The van der Waals surface area contributed by atoms with Crippen molar-refractivity contribution in [3.8, 4) is 0 Å². The molecule has 1 unspecified atom stereocenters. The van der Waals surface area contributed by atoms with Crippen LogP contribution in [0.4, 0.5) is 5.69 Å². The van der Waals surface area contributed by atoms with Crippen molar-refractivity contribution >= 4 is 17.5 Å². The molecule has 0 aliphatic rings. The molecule has 0 aliphatic carbocycles. The number of nitrogens with one attached hydrogen (secondary N) is 1. The lowest BCUT2D eigenvalue weighted by atomic mass is 10.1. The average molecular weight is 418 g/mol. The summed E-state index contributed by atoms with van der Waals surface area (Å²) in [6.45, 7) is 4.35. The van der Waals surface area contributed by atoms with Gasteiger partial charge in [0.15, 0.2) is 0 Å². The molecule has 2 aromatic carbocycles. The number of carbonyl (C=O) groups is 2. The van der Waals surface area contributed by atoms with Gasteiger partial charge in [-0.3, -0.25) is 14.4 Å². The first-order valence-corrected chi connectivity index (χ1v) is 10.4. The van der Waals surface area contributed by atoms with E-state index in [9.17, 15) is 14.4 Å². The molecule has 3 rings (SSSR count). The van der Waals surface area contributed by atoms with Crippen LogP contribution < -0.4 is 10.9 Å². The molecule has 160 valence electrons. The van der Waals surface area contributed by atoms with E-state index in [0.29, 0.717) is 25.2 Å². The number of pyridine rings is 1. The van der Waals surface area contributed by atoms with Crippen molar-refractivity contribution in [2.75, 3.05) is 11.9 Å². The fraction of sp³-hybridized carbons (Fsp3) is 0.240. The van der Waals surface area contributed by atoms with Gasteiger partial charge in [-0.25, -0.2) is 0 Å². The highest BCUT2D eigenvalue weighted by Crippen LogP contribution is 2.12. The van der Waals surface area contributed by atoms with E-state index in [2.05, 4.69) is 5.32 Å². The van der Waals surface area contributed by atoms with Crippen LogP contribution in [0.2, 0.25) is 0 Å². The van der Waals surface area contributed by atoms with Crippen molar-refractivity contribution in [1.29, 1.82) is 0 Å². The second-order valence-electron chi connectivity index (χ2n) is 7.37. The molecule has 6 heteroatoms. The molecule has 3 aromatic rings. The molecule has 0 fully saturated rings. The third-order valence-electron chi connectivity index (χ3n) is 5.06. The van der Waals surface area contributed by atoms with Gasteiger partial charge in [0.1, 0.15) is 11.6 Å². The topological polar surface area (TPSA) is 71.4 Å². The Morgan fingerprint density at radius 3 is 2.26 bits per heavy atom. The molecule has 2 amide bonds. The van der Waals surface area contributed by atoms with Crippen LogP contribution in [0, 0.1) is 0 Å². The molecule has 0 spiro atoms. The monoisotopic (exact) mass is 417 g/mol. The number of para-hydroxylation sites is 1. The zero-order chi connectivity index (χ0) is 22.2. The minimum absolute atomic E-state index is 0.0613. The van der Waals surface area contributed by atoms with Crippen molar-refractivity contribution in [3.05, 3.63) is 100 Å². The van der Waals surface area contributed by atoms with E-state index < -0.39 is 11.9 Å². The molecule has 1 atom stereocenters. The smallest absolute Gasteiger partial charge is 0.263 e. The number of rotatable bonds is 8. The Hall–Kier alpha value is -3.67. The molecule has 0 bridgehead atoms. The molecule has 0 saturated heterocycles. The summed E-state index contributed by atoms with van der Waals surface area (Å²) in [6.07, 6.45) is 2.33. The molecule has 1 heterocycles. The molecule has 1 aromatic heterocycles. The SMILES string of the molecule is CCCN(C(=O)c1cccn(Cc2ccccc2)c1=O)C(C)C(=O)Nc1ccccc1. The molecule has 0 aliphatic heterocycles. The second kappa shape index (κ2) is 10.4. The van der Waals surface area contributed by atoms with Gasteiger partial charge in [-0.1, -0.05) is 55.5 Å². The van der Waals surface area contributed by atoms with Gasteiger partial charge in [-0.15, -0.1) is 0 Å². The minimum atomic E-state index is -0.727. The normalized spacial score (nSPS) is 11.5. The molecule has 6 nitrogen and oxygen atoms in total. The van der Waals surface area contributed by atoms with Gasteiger partial charge in [-0.05, 0) is 43.2 Å². The molecule has 31 heavy (non-hydrogen) atoms. The lowest BCUT2D eigenvalue weighted by molar-refractivity contribution is -0.120. The first-order chi connectivity index (χ1) is 15.0. The van der Waals surface area contributed by atoms with Gasteiger partial charge in [0.05, 0.1) is 6.54 Å². The Bertz CT molecular complexity index is 1080. The predicted molar refractivity (Wildman–Crippen MR) is 122 cm³/mol. The Kier molecular flexibility index (Phi) is 7.38. The van der Waals surface area contributed by atoms with Gasteiger partial charge in [0.2, 0.25) is 5.91 Å². The van der Waals surface area contributed by atoms with E-state index in [4.69, 9.17) is 0 Å². The number of aromatic nitrogens is 1. The number of anilines is 1. The first-order valence-electron chi connectivity index (χ1n) is 10.4. The van der Waals surface area contributed by atoms with Gasteiger partial charge < -0.3 is 14.8 Å². The summed E-state index contributed by atoms with van der Waals surface area (Å²) < 4.78 is 1.52. The van der Waals surface area contributed by atoms with Crippen LogP contribution in [0.25, 0.3) is 0 Å². The summed E-state index contributed by atoms with van der Waals surface area (Å²) in [4.78, 5) is 40.5. The fourth-order valence-electron chi connectivity index (χ4n) is 3.38. The fourth-order valence-corrected chi connectivity index (χ4v) is 3.38. The number of benzene rings is 2. The van der Waals surface area contributed by atoms with Crippen molar-refractivity contribution < 1.29 is 9.59 Å². The summed E-state index contributed by atoms with van der Waals surface area (Å²) in [5.74, 6) is -0.737. The summed E-state index contributed by atoms with van der Waals surface area (Å²) in [5, 5.41) is 2.83. The van der Waals surface area contributed by atoms with Gasteiger partial charge in [0, 0.05) is 18.4 Å². The summed E-state index contributed by atoms with van der Waals surface area (Å²) in [5.41, 5.74) is 1.32. The van der Waals surface area contributed by atoms with Crippen molar-refractivity contribution in [2.45, 2.75) is 32.9 Å². The Morgan fingerprint density at radius 2 is 1.61 bits per heavy atom. The zero-order valence-corrected chi connectivity index (χ0v) is 17.8. The highest BCUT2D eigenvalue weighted by atomic mass is 16.2. The van der Waals surface area contributed by atoms with Gasteiger partial charge >= 0.3 is 0 Å². The number of carbonyl (C=O) groups excluding carboxylic acids is 2. The number of nitrogens with zero attached hydrogens (tertiary/aromatic N) is 2. The molecule has 0 saturated carbocycles. The quantitative estimate of drug-likeness (QED) is 0.606. The average Bonchev–Trinajstić information content (AvgIpc) is 2.79. The van der Waals surface area contributed by atoms with Crippen LogP contribution in [-0.2, 0) is 11.3 Å². The van der Waals surface area contributed by atoms with Gasteiger partial charge in [0.25, 0.3) is 11.5 Å². The summed E-state index contributed by atoms with van der Waals surface area (Å²) in [7, 11) is 0. The zero-order valence-electron chi connectivity index (χ0n) is 17.8.